The number of rotatable bonds is 4. The molecular formula is C31H28N2O5. The Bertz CT molecular complexity index is 1440. The van der Waals surface area contributed by atoms with Gasteiger partial charge in [0.1, 0.15) is 19.1 Å². The lowest BCUT2D eigenvalue weighted by molar-refractivity contribution is -0.139. The van der Waals surface area contributed by atoms with Crippen LogP contribution in [-0.4, -0.2) is 30.2 Å². The first-order chi connectivity index (χ1) is 18.5. The molecule has 38 heavy (non-hydrogen) atoms. The molecule has 7 nitrogen and oxygen atoms in total. The Hall–Kier alpha value is -4.31. The molecule has 1 saturated carbocycles. The highest BCUT2D eigenvalue weighted by molar-refractivity contribution is 6.11. The number of aliphatic carboxylic acids is 1. The van der Waals surface area contributed by atoms with Gasteiger partial charge in [-0.3, -0.25) is 14.5 Å². The number of carboxylic acid groups (broad SMARTS) is 1. The summed E-state index contributed by atoms with van der Waals surface area (Å²) in [4.78, 5) is 28.4. The van der Waals surface area contributed by atoms with Crippen molar-refractivity contribution in [2.75, 3.05) is 18.1 Å². The molecular weight excluding hydrogens is 480 g/mol. The molecule has 3 aliphatic rings. The number of amides is 1. The fourth-order valence-electron chi connectivity index (χ4n) is 6.23. The molecule has 7 heteroatoms. The van der Waals surface area contributed by atoms with Crippen LogP contribution in [0.15, 0.2) is 66.7 Å². The third kappa shape index (κ3) is 3.88. The Kier molecular flexibility index (Phi) is 6.03. The molecule has 0 saturated heterocycles. The van der Waals surface area contributed by atoms with Crippen LogP contribution in [0.25, 0.3) is 0 Å². The molecule has 2 aliphatic heterocycles. The van der Waals surface area contributed by atoms with E-state index in [2.05, 4.69) is 6.07 Å². The van der Waals surface area contributed by atoms with Crippen molar-refractivity contribution in [3.05, 3.63) is 89.0 Å². The van der Waals surface area contributed by atoms with Gasteiger partial charge in [-0.15, -0.1) is 0 Å². The smallest absolute Gasteiger partial charge is 0.313 e. The van der Waals surface area contributed by atoms with Gasteiger partial charge in [0.2, 0.25) is 0 Å². The van der Waals surface area contributed by atoms with Gasteiger partial charge < -0.3 is 14.6 Å². The summed E-state index contributed by atoms with van der Waals surface area (Å²) in [5, 5.41) is 20.5. The van der Waals surface area contributed by atoms with E-state index in [-0.39, 0.29) is 5.91 Å². The molecule has 0 aromatic heterocycles. The van der Waals surface area contributed by atoms with Gasteiger partial charge in [0.15, 0.2) is 11.5 Å². The molecule has 0 unspecified atom stereocenters. The largest absolute Gasteiger partial charge is 0.486 e. The molecule has 3 aromatic rings. The van der Waals surface area contributed by atoms with Crippen molar-refractivity contribution in [2.45, 2.75) is 49.5 Å². The molecule has 6 rings (SSSR count). The molecule has 0 bridgehead atoms. The number of ether oxygens (including phenoxy) is 2. The average molecular weight is 509 g/mol. The Labute approximate surface area is 221 Å². The summed E-state index contributed by atoms with van der Waals surface area (Å²) in [6.07, 6.45) is 4.81. The van der Waals surface area contributed by atoms with Crippen molar-refractivity contribution in [3.63, 3.8) is 0 Å². The van der Waals surface area contributed by atoms with Crippen LogP contribution >= 0.6 is 0 Å². The van der Waals surface area contributed by atoms with E-state index >= 15 is 0 Å². The number of hydrogen-bond acceptors (Lipinski definition) is 5. The minimum absolute atomic E-state index is 0.265. The van der Waals surface area contributed by atoms with Crippen molar-refractivity contribution >= 4 is 17.6 Å². The normalized spacial score (nSPS) is 21.8. The Morgan fingerprint density at radius 1 is 0.947 bits per heavy atom. The quantitative estimate of drug-likeness (QED) is 0.481. The van der Waals surface area contributed by atoms with Crippen LogP contribution in [0.2, 0.25) is 0 Å². The van der Waals surface area contributed by atoms with E-state index in [1.54, 1.807) is 41.3 Å². The van der Waals surface area contributed by atoms with Gasteiger partial charge in [-0.05, 0) is 59.9 Å². The van der Waals surface area contributed by atoms with Crippen molar-refractivity contribution in [2.24, 2.45) is 0 Å². The van der Waals surface area contributed by atoms with Gasteiger partial charge >= 0.3 is 5.97 Å². The standard InChI is InChI=1S/C31H28N2O5/c32-19-31(14-4-1-5-15-31)21-9-11-22(12-10-21)33-28(20-8-13-25-26(18-20)38-17-16-37-25)27(30(35)36)23-6-2-3-7-24(23)29(33)34/h2-3,6-13,18,27-28H,1,4-5,14-17H2,(H,35,36)/t27-,28-/m1/s1. The summed E-state index contributed by atoms with van der Waals surface area (Å²) >= 11 is 0. The minimum Gasteiger partial charge on any atom is -0.486 e. The SMILES string of the molecule is N#CC1(c2ccc(N3C(=O)c4ccccc4[C@@H](C(=O)O)[C@H]3c3ccc4c(c3)OCCO4)cc2)CCCCC1. The topological polar surface area (TPSA) is 99.9 Å². The van der Waals surface area contributed by atoms with Crippen molar-refractivity contribution < 1.29 is 24.2 Å². The first kappa shape index (κ1) is 24.1. The van der Waals surface area contributed by atoms with Gasteiger partial charge in [0, 0.05) is 11.3 Å². The van der Waals surface area contributed by atoms with Crippen LogP contribution in [0.1, 0.15) is 71.1 Å². The van der Waals surface area contributed by atoms with Crippen molar-refractivity contribution in [1.29, 1.82) is 5.26 Å². The van der Waals surface area contributed by atoms with Crippen LogP contribution in [-0.2, 0) is 10.2 Å². The van der Waals surface area contributed by atoms with Gasteiger partial charge in [-0.2, -0.15) is 5.26 Å². The fourth-order valence-corrected chi connectivity index (χ4v) is 6.23. The number of benzene rings is 3. The monoisotopic (exact) mass is 508 g/mol. The molecule has 2 atom stereocenters. The zero-order valence-corrected chi connectivity index (χ0v) is 20.9. The molecule has 3 aromatic carbocycles. The zero-order chi connectivity index (χ0) is 26.3. The number of carboxylic acids is 1. The van der Waals surface area contributed by atoms with Crippen LogP contribution in [0.3, 0.4) is 0 Å². The average Bonchev–Trinajstić information content (AvgIpc) is 2.97. The molecule has 1 aliphatic carbocycles. The predicted octanol–water partition coefficient (Wildman–Crippen LogP) is 5.75. The molecule has 192 valence electrons. The molecule has 0 radical (unpaired) electrons. The number of nitriles is 1. The summed E-state index contributed by atoms with van der Waals surface area (Å²) in [6.45, 7) is 0.846. The highest BCUT2D eigenvalue weighted by Crippen LogP contribution is 2.47. The maximum atomic E-state index is 14.0. The van der Waals surface area contributed by atoms with E-state index in [4.69, 9.17) is 9.47 Å². The lowest BCUT2D eigenvalue weighted by Crippen LogP contribution is -2.45. The van der Waals surface area contributed by atoms with Crippen molar-refractivity contribution in [1.82, 2.24) is 0 Å². The lowest BCUT2D eigenvalue weighted by Gasteiger charge is -2.41. The van der Waals surface area contributed by atoms with Crippen LogP contribution in [0, 0.1) is 11.3 Å². The third-order valence-corrected chi connectivity index (χ3v) is 8.13. The summed E-state index contributed by atoms with van der Waals surface area (Å²) < 4.78 is 11.5. The summed E-state index contributed by atoms with van der Waals surface area (Å²) in [6, 6.07) is 21.6. The Balaban J connectivity index is 1.48. The number of hydrogen-bond donors (Lipinski definition) is 1. The summed E-state index contributed by atoms with van der Waals surface area (Å²) in [5.41, 5.74) is 2.52. The molecule has 2 heterocycles. The maximum Gasteiger partial charge on any atom is 0.313 e. The molecule has 1 fully saturated rings. The Morgan fingerprint density at radius 3 is 2.37 bits per heavy atom. The van der Waals surface area contributed by atoms with Gasteiger partial charge in [-0.1, -0.05) is 55.7 Å². The highest BCUT2D eigenvalue weighted by Gasteiger charge is 2.45. The maximum absolute atomic E-state index is 14.0. The van der Waals surface area contributed by atoms with Crippen LogP contribution < -0.4 is 14.4 Å². The number of carbonyl (C=O) groups excluding carboxylic acids is 1. The number of fused-ring (bicyclic) bond motifs is 2. The second-order valence-corrected chi connectivity index (χ2v) is 10.2. The zero-order valence-electron chi connectivity index (χ0n) is 20.9. The Morgan fingerprint density at radius 2 is 1.66 bits per heavy atom. The van der Waals surface area contributed by atoms with E-state index in [0.29, 0.717) is 47.1 Å². The van der Waals surface area contributed by atoms with Crippen LogP contribution in [0.5, 0.6) is 11.5 Å². The molecule has 0 spiro atoms. The van der Waals surface area contributed by atoms with E-state index in [1.165, 1.54) is 0 Å². The van der Waals surface area contributed by atoms with E-state index in [0.717, 1.165) is 37.7 Å². The van der Waals surface area contributed by atoms with Gasteiger partial charge in [0.25, 0.3) is 5.91 Å². The third-order valence-electron chi connectivity index (χ3n) is 8.13. The van der Waals surface area contributed by atoms with Gasteiger partial charge in [-0.25, -0.2) is 0 Å². The first-order valence-corrected chi connectivity index (χ1v) is 13.1. The summed E-state index contributed by atoms with van der Waals surface area (Å²) in [5.74, 6) is -1.14. The lowest BCUT2D eigenvalue weighted by atomic mass is 9.70. The number of carbonyl (C=O) groups is 2. The van der Waals surface area contributed by atoms with Crippen LogP contribution in [0.4, 0.5) is 5.69 Å². The molecule has 1 N–H and O–H groups in total. The summed E-state index contributed by atoms with van der Waals surface area (Å²) in [7, 11) is 0. The van der Waals surface area contributed by atoms with E-state index in [9.17, 15) is 20.0 Å². The number of nitrogens with zero attached hydrogens (tertiary/aromatic N) is 2. The first-order valence-electron chi connectivity index (χ1n) is 13.1. The van der Waals surface area contributed by atoms with E-state index < -0.39 is 23.3 Å². The highest BCUT2D eigenvalue weighted by atomic mass is 16.6. The van der Waals surface area contributed by atoms with E-state index in [1.807, 2.05) is 30.3 Å². The minimum atomic E-state index is -1.02. The predicted molar refractivity (Wildman–Crippen MR) is 141 cm³/mol. The second-order valence-electron chi connectivity index (χ2n) is 10.2. The van der Waals surface area contributed by atoms with Crippen molar-refractivity contribution in [3.8, 4) is 17.6 Å². The fraction of sp³-hybridized carbons (Fsp3) is 0.323. The molecule has 1 amide bonds. The second kappa shape index (κ2) is 9.53. The van der Waals surface area contributed by atoms with Gasteiger partial charge in [0.05, 0.1) is 17.5 Å². The number of anilines is 1.